The molecule has 0 spiro atoms. The van der Waals surface area contributed by atoms with E-state index in [4.69, 9.17) is 9.47 Å². The van der Waals surface area contributed by atoms with E-state index >= 15 is 0 Å². The number of nitrogens with one attached hydrogen (secondary N) is 2. The van der Waals surface area contributed by atoms with Crippen LogP contribution >= 0.6 is 35.3 Å². The third-order valence-electron chi connectivity index (χ3n) is 3.45. The molecule has 25 heavy (non-hydrogen) atoms. The lowest BCUT2D eigenvalue weighted by molar-refractivity contribution is 0.311. The van der Waals surface area contributed by atoms with Crippen LogP contribution < -0.4 is 20.1 Å². The molecule has 0 fully saturated rings. The van der Waals surface area contributed by atoms with Gasteiger partial charge in [0.1, 0.15) is 0 Å². The van der Waals surface area contributed by atoms with E-state index in [9.17, 15) is 0 Å². The standard InChI is InChI=1S/C18H25N3O2S.HI/c1-5-14-8-9-15(24-14)12-20-18(19-3)21-13-7-10-16(23-6-2)17(11-13)22-4;/h7-11H,5-6,12H2,1-4H3,(H2,19,20,21);1H. The topological polar surface area (TPSA) is 54.9 Å². The molecule has 138 valence electrons. The van der Waals surface area contributed by atoms with E-state index in [2.05, 4.69) is 34.7 Å². The molecule has 0 aliphatic heterocycles. The Balaban J connectivity index is 0.00000312. The number of methoxy groups -OCH3 is 1. The number of aryl methyl sites for hydroxylation is 1. The molecule has 7 heteroatoms. The number of guanidine groups is 1. The predicted molar refractivity (Wildman–Crippen MR) is 117 cm³/mol. The molecule has 0 radical (unpaired) electrons. The van der Waals surface area contributed by atoms with Crippen LogP contribution in [-0.4, -0.2) is 26.7 Å². The van der Waals surface area contributed by atoms with E-state index in [-0.39, 0.29) is 24.0 Å². The maximum absolute atomic E-state index is 5.54. The maximum Gasteiger partial charge on any atom is 0.195 e. The molecule has 1 aromatic heterocycles. The minimum Gasteiger partial charge on any atom is -0.493 e. The number of rotatable bonds is 7. The van der Waals surface area contributed by atoms with Crippen molar-refractivity contribution in [2.45, 2.75) is 26.8 Å². The lowest BCUT2D eigenvalue weighted by Gasteiger charge is -2.14. The highest BCUT2D eigenvalue weighted by molar-refractivity contribution is 14.0. The minimum absolute atomic E-state index is 0. The van der Waals surface area contributed by atoms with Crippen molar-refractivity contribution >= 4 is 47.0 Å². The van der Waals surface area contributed by atoms with Gasteiger partial charge in [0.15, 0.2) is 17.5 Å². The van der Waals surface area contributed by atoms with Gasteiger partial charge in [0.2, 0.25) is 0 Å². The van der Waals surface area contributed by atoms with Crippen molar-refractivity contribution in [3.8, 4) is 11.5 Å². The van der Waals surface area contributed by atoms with Crippen molar-refractivity contribution in [3.63, 3.8) is 0 Å². The molecule has 2 N–H and O–H groups in total. The van der Waals surface area contributed by atoms with Gasteiger partial charge in [-0.3, -0.25) is 4.99 Å². The molecule has 2 aromatic rings. The maximum atomic E-state index is 5.54. The number of aliphatic imine (C=N–C) groups is 1. The van der Waals surface area contributed by atoms with Crippen LogP contribution in [0.4, 0.5) is 5.69 Å². The zero-order chi connectivity index (χ0) is 17.4. The number of anilines is 1. The number of nitrogens with zero attached hydrogens (tertiary/aromatic N) is 1. The molecule has 0 atom stereocenters. The summed E-state index contributed by atoms with van der Waals surface area (Å²) in [6.45, 7) is 5.47. The molecular formula is C18H26IN3O2S. The highest BCUT2D eigenvalue weighted by Crippen LogP contribution is 2.30. The Bertz CT molecular complexity index is 689. The summed E-state index contributed by atoms with van der Waals surface area (Å²) >= 11 is 1.82. The third kappa shape index (κ3) is 6.39. The summed E-state index contributed by atoms with van der Waals surface area (Å²) in [6, 6.07) is 10.1. The number of ether oxygens (including phenoxy) is 2. The lowest BCUT2D eigenvalue weighted by atomic mass is 10.2. The molecular weight excluding hydrogens is 449 g/mol. The van der Waals surface area contributed by atoms with Crippen molar-refractivity contribution in [3.05, 3.63) is 40.1 Å². The molecule has 1 heterocycles. The Morgan fingerprint density at radius 2 is 1.88 bits per heavy atom. The zero-order valence-electron chi connectivity index (χ0n) is 15.1. The Labute approximate surface area is 170 Å². The van der Waals surface area contributed by atoms with Gasteiger partial charge >= 0.3 is 0 Å². The number of hydrogen-bond donors (Lipinski definition) is 2. The van der Waals surface area contributed by atoms with E-state index in [0.29, 0.717) is 18.3 Å². The number of halogens is 1. The third-order valence-corrected chi connectivity index (χ3v) is 4.68. The fourth-order valence-corrected chi connectivity index (χ4v) is 3.11. The first-order valence-corrected chi connectivity index (χ1v) is 8.87. The molecule has 2 rings (SSSR count). The summed E-state index contributed by atoms with van der Waals surface area (Å²) in [4.78, 5) is 6.95. The summed E-state index contributed by atoms with van der Waals surface area (Å²) in [5, 5.41) is 6.60. The quantitative estimate of drug-likeness (QED) is 0.351. The smallest absolute Gasteiger partial charge is 0.195 e. The second-order valence-corrected chi connectivity index (χ2v) is 6.32. The highest BCUT2D eigenvalue weighted by atomic mass is 127. The van der Waals surface area contributed by atoms with Crippen LogP contribution in [-0.2, 0) is 13.0 Å². The molecule has 0 aliphatic carbocycles. The summed E-state index contributed by atoms with van der Waals surface area (Å²) in [7, 11) is 3.39. The van der Waals surface area contributed by atoms with Crippen molar-refractivity contribution < 1.29 is 9.47 Å². The normalized spacial score (nSPS) is 10.8. The van der Waals surface area contributed by atoms with Gasteiger partial charge in [-0.2, -0.15) is 0 Å². The summed E-state index contributed by atoms with van der Waals surface area (Å²) < 4.78 is 10.9. The van der Waals surface area contributed by atoms with E-state index < -0.39 is 0 Å². The van der Waals surface area contributed by atoms with Crippen molar-refractivity contribution in [2.24, 2.45) is 4.99 Å². The monoisotopic (exact) mass is 475 g/mol. The van der Waals surface area contributed by atoms with Crippen LogP contribution in [0.25, 0.3) is 0 Å². The van der Waals surface area contributed by atoms with Crippen LogP contribution in [0.15, 0.2) is 35.3 Å². The molecule has 0 bridgehead atoms. The molecule has 0 saturated carbocycles. The van der Waals surface area contributed by atoms with Crippen LogP contribution in [0, 0.1) is 0 Å². The average Bonchev–Trinajstić information content (AvgIpc) is 3.08. The predicted octanol–water partition coefficient (Wildman–Crippen LogP) is 4.52. The molecule has 1 aromatic carbocycles. The van der Waals surface area contributed by atoms with Gasteiger partial charge in [-0.1, -0.05) is 6.92 Å². The SMILES string of the molecule is CCOc1ccc(NC(=NC)NCc2ccc(CC)s2)cc1OC.I. The van der Waals surface area contributed by atoms with Crippen LogP contribution in [0.1, 0.15) is 23.6 Å². The number of hydrogen-bond acceptors (Lipinski definition) is 4. The van der Waals surface area contributed by atoms with Gasteiger partial charge in [-0.15, -0.1) is 35.3 Å². The first-order chi connectivity index (χ1) is 11.7. The van der Waals surface area contributed by atoms with Crippen molar-refractivity contribution in [1.82, 2.24) is 5.32 Å². The molecule has 0 unspecified atom stereocenters. The van der Waals surface area contributed by atoms with Crippen molar-refractivity contribution in [1.29, 1.82) is 0 Å². The molecule has 5 nitrogen and oxygen atoms in total. The van der Waals surface area contributed by atoms with Crippen molar-refractivity contribution in [2.75, 3.05) is 26.1 Å². The second-order valence-electron chi connectivity index (χ2n) is 5.07. The number of benzene rings is 1. The zero-order valence-corrected chi connectivity index (χ0v) is 18.2. The van der Waals surface area contributed by atoms with E-state index in [0.717, 1.165) is 24.4 Å². The van der Waals surface area contributed by atoms with Gasteiger partial charge < -0.3 is 20.1 Å². The summed E-state index contributed by atoms with van der Waals surface area (Å²) in [5.41, 5.74) is 0.892. The fraction of sp³-hybridized carbons (Fsp3) is 0.389. The highest BCUT2D eigenvalue weighted by Gasteiger charge is 2.07. The first kappa shape index (κ1) is 21.6. The van der Waals surface area contributed by atoms with Crippen LogP contribution in [0.2, 0.25) is 0 Å². The molecule has 0 amide bonds. The van der Waals surface area contributed by atoms with E-state index in [1.165, 1.54) is 9.75 Å². The Morgan fingerprint density at radius 1 is 1.12 bits per heavy atom. The van der Waals surface area contributed by atoms with Gasteiger partial charge in [0.25, 0.3) is 0 Å². The summed E-state index contributed by atoms with van der Waals surface area (Å²) in [6.07, 6.45) is 1.07. The summed E-state index contributed by atoms with van der Waals surface area (Å²) in [5.74, 6) is 2.15. The Morgan fingerprint density at radius 3 is 2.48 bits per heavy atom. The molecule has 0 saturated heterocycles. The largest absolute Gasteiger partial charge is 0.493 e. The second kappa shape index (κ2) is 11.2. The Kier molecular flexibility index (Phi) is 9.66. The fourth-order valence-electron chi connectivity index (χ4n) is 2.21. The van der Waals surface area contributed by atoms with Gasteiger partial charge in [-0.05, 0) is 37.6 Å². The lowest BCUT2D eigenvalue weighted by Crippen LogP contribution is -2.29. The molecule has 0 aliphatic rings. The van der Waals surface area contributed by atoms with Crippen LogP contribution in [0.5, 0.6) is 11.5 Å². The van der Waals surface area contributed by atoms with E-state index in [1.807, 2.05) is 36.5 Å². The minimum atomic E-state index is 0. The van der Waals surface area contributed by atoms with Crippen LogP contribution in [0.3, 0.4) is 0 Å². The average molecular weight is 475 g/mol. The Hall–Kier alpha value is -1.48. The van der Waals surface area contributed by atoms with E-state index in [1.54, 1.807) is 14.2 Å². The van der Waals surface area contributed by atoms with Gasteiger partial charge in [0, 0.05) is 28.6 Å². The first-order valence-electron chi connectivity index (χ1n) is 8.06. The number of thiophene rings is 1. The van der Waals surface area contributed by atoms with Gasteiger partial charge in [0.05, 0.1) is 20.3 Å². The van der Waals surface area contributed by atoms with Gasteiger partial charge in [-0.25, -0.2) is 0 Å².